The fourth-order valence-electron chi connectivity index (χ4n) is 1.59. The number of thiophene rings is 1. The fraction of sp³-hybridized carbons (Fsp3) is 0.273. The first-order valence-corrected chi connectivity index (χ1v) is 8.78. The van der Waals surface area contributed by atoms with Gasteiger partial charge in [0, 0.05) is 29.2 Å². The van der Waals surface area contributed by atoms with Crippen molar-refractivity contribution < 1.29 is 13.2 Å². The third-order valence-electron chi connectivity index (χ3n) is 2.58. The van der Waals surface area contributed by atoms with Crippen molar-refractivity contribution in [1.82, 2.24) is 14.9 Å². The maximum absolute atomic E-state index is 11.8. The summed E-state index contributed by atoms with van der Waals surface area (Å²) in [6, 6.07) is 3.15. The second kappa shape index (κ2) is 5.94. The van der Waals surface area contributed by atoms with Gasteiger partial charge in [0.05, 0.1) is 12.5 Å². The summed E-state index contributed by atoms with van der Waals surface area (Å²) >= 11 is 1.10. The Kier molecular flexibility index (Phi) is 4.46. The molecule has 0 bridgehead atoms. The third kappa shape index (κ3) is 3.59. The van der Waals surface area contributed by atoms with Crippen LogP contribution in [-0.2, 0) is 22.5 Å². The normalized spacial score (nSPS) is 11.5. The highest BCUT2D eigenvalue weighted by Gasteiger charge is 2.13. The molecule has 0 aliphatic rings. The molecule has 0 atom stereocenters. The summed E-state index contributed by atoms with van der Waals surface area (Å²) in [6.45, 7) is 0.409. The average molecular weight is 334 g/mol. The number of hydrogen-bond donors (Lipinski definition) is 1. The summed E-state index contributed by atoms with van der Waals surface area (Å²) in [4.78, 5) is 16.5. The smallest absolute Gasteiger partial charge is 0.270 e. The largest absolute Gasteiger partial charge is 0.350 e. The van der Waals surface area contributed by atoms with Crippen LogP contribution in [0, 0.1) is 0 Å². The topological polar surface area (TPSA) is 81.1 Å². The Balaban J connectivity index is 1.89. The highest BCUT2D eigenvalue weighted by atomic mass is 35.7. The van der Waals surface area contributed by atoms with Gasteiger partial charge in [-0.05, 0) is 18.6 Å². The summed E-state index contributed by atoms with van der Waals surface area (Å²) in [5.74, 6) is -0.216. The van der Waals surface area contributed by atoms with Crippen molar-refractivity contribution in [2.45, 2.75) is 10.6 Å². The standard InChI is InChI=1S/C11H12ClN3O3S2/c1-15-7-13-6-9(15)11(16)14-5-4-8-2-3-10(19-8)20(12,17)18/h2-3,6-7H,4-5H2,1H3,(H,14,16). The Morgan fingerprint density at radius 3 is 2.80 bits per heavy atom. The molecule has 0 saturated heterocycles. The predicted octanol–water partition coefficient (Wildman–Crippen LogP) is 1.38. The Labute approximate surface area is 124 Å². The van der Waals surface area contributed by atoms with Gasteiger partial charge in [-0.25, -0.2) is 13.4 Å². The molecule has 6 nitrogen and oxygen atoms in total. The van der Waals surface area contributed by atoms with E-state index in [0.29, 0.717) is 18.7 Å². The van der Waals surface area contributed by atoms with Gasteiger partial charge in [0.2, 0.25) is 0 Å². The summed E-state index contributed by atoms with van der Waals surface area (Å²) in [7, 11) is 3.31. The number of imidazole rings is 1. The SMILES string of the molecule is Cn1cncc1C(=O)NCCc1ccc(S(=O)(=O)Cl)s1. The highest BCUT2D eigenvalue weighted by molar-refractivity contribution is 8.15. The Hall–Kier alpha value is -1.38. The Morgan fingerprint density at radius 1 is 1.50 bits per heavy atom. The first kappa shape index (κ1) is 15.0. The van der Waals surface area contributed by atoms with Gasteiger partial charge >= 0.3 is 0 Å². The van der Waals surface area contributed by atoms with Gasteiger partial charge in [0.25, 0.3) is 15.0 Å². The van der Waals surface area contributed by atoms with Crippen LogP contribution < -0.4 is 5.32 Å². The Bertz CT molecular complexity index is 721. The molecule has 0 aliphatic carbocycles. The number of aryl methyl sites for hydroxylation is 1. The van der Waals surface area contributed by atoms with Crippen molar-refractivity contribution in [3.8, 4) is 0 Å². The van der Waals surface area contributed by atoms with E-state index in [-0.39, 0.29) is 10.1 Å². The molecule has 2 rings (SSSR count). The van der Waals surface area contributed by atoms with Gasteiger partial charge < -0.3 is 9.88 Å². The van der Waals surface area contributed by atoms with Crippen molar-refractivity contribution in [2.24, 2.45) is 7.05 Å². The maximum atomic E-state index is 11.8. The van der Waals surface area contributed by atoms with E-state index in [1.165, 1.54) is 12.3 Å². The third-order valence-corrected chi connectivity index (χ3v) is 5.82. The minimum Gasteiger partial charge on any atom is -0.350 e. The zero-order chi connectivity index (χ0) is 14.8. The van der Waals surface area contributed by atoms with Crippen LogP contribution in [-0.4, -0.2) is 30.4 Å². The summed E-state index contributed by atoms with van der Waals surface area (Å²) in [5, 5.41) is 2.75. The maximum Gasteiger partial charge on any atom is 0.270 e. The van der Waals surface area contributed by atoms with Crippen LogP contribution in [0.3, 0.4) is 0 Å². The lowest BCUT2D eigenvalue weighted by Gasteiger charge is -2.04. The van der Waals surface area contributed by atoms with Crippen LogP contribution in [0.4, 0.5) is 0 Å². The van der Waals surface area contributed by atoms with E-state index in [1.807, 2.05) is 0 Å². The van der Waals surface area contributed by atoms with E-state index in [2.05, 4.69) is 10.3 Å². The molecule has 0 radical (unpaired) electrons. The molecule has 0 aliphatic heterocycles. The van der Waals surface area contributed by atoms with Gasteiger partial charge in [0.15, 0.2) is 0 Å². The molecule has 108 valence electrons. The second-order valence-corrected chi connectivity index (χ2v) is 8.02. The summed E-state index contributed by atoms with van der Waals surface area (Å²) in [6.07, 6.45) is 3.57. The van der Waals surface area contributed by atoms with Gasteiger partial charge in [-0.1, -0.05) is 0 Å². The van der Waals surface area contributed by atoms with E-state index in [0.717, 1.165) is 16.2 Å². The predicted molar refractivity (Wildman–Crippen MR) is 76.6 cm³/mol. The number of carbonyl (C=O) groups is 1. The van der Waals surface area contributed by atoms with Crippen LogP contribution in [0.1, 0.15) is 15.4 Å². The number of nitrogens with zero attached hydrogens (tertiary/aromatic N) is 2. The van der Waals surface area contributed by atoms with Gasteiger partial charge in [-0.3, -0.25) is 4.79 Å². The van der Waals surface area contributed by atoms with Crippen molar-refractivity contribution in [2.75, 3.05) is 6.54 Å². The lowest BCUT2D eigenvalue weighted by Crippen LogP contribution is -2.27. The molecule has 0 unspecified atom stereocenters. The molecular weight excluding hydrogens is 322 g/mol. The first-order valence-electron chi connectivity index (χ1n) is 5.66. The van der Waals surface area contributed by atoms with E-state index in [4.69, 9.17) is 10.7 Å². The van der Waals surface area contributed by atoms with Crippen molar-refractivity contribution in [1.29, 1.82) is 0 Å². The van der Waals surface area contributed by atoms with E-state index in [1.54, 1.807) is 24.0 Å². The van der Waals surface area contributed by atoms with Crippen molar-refractivity contribution >= 4 is 37.0 Å². The molecule has 2 aromatic rings. The molecule has 0 saturated carbocycles. The monoisotopic (exact) mass is 333 g/mol. The molecule has 1 amide bonds. The van der Waals surface area contributed by atoms with E-state index < -0.39 is 9.05 Å². The van der Waals surface area contributed by atoms with Gasteiger partial charge in [-0.2, -0.15) is 0 Å². The van der Waals surface area contributed by atoms with Crippen LogP contribution in [0.25, 0.3) is 0 Å². The number of hydrogen-bond acceptors (Lipinski definition) is 5. The van der Waals surface area contributed by atoms with Crippen LogP contribution in [0.15, 0.2) is 28.9 Å². The molecule has 0 fully saturated rings. The number of nitrogens with one attached hydrogen (secondary N) is 1. The van der Waals surface area contributed by atoms with Crippen LogP contribution in [0.2, 0.25) is 0 Å². The minimum absolute atomic E-state index is 0.118. The molecule has 0 spiro atoms. The molecule has 20 heavy (non-hydrogen) atoms. The molecule has 2 heterocycles. The Morgan fingerprint density at radius 2 is 2.25 bits per heavy atom. The number of amides is 1. The molecule has 9 heteroatoms. The first-order chi connectivity index (χ1) is 9.38. The number of halogens is 1. The number of carbonyl (C=O) groups excluding carboxylic acids is 1. The molecule has 1 N–H and O–H groups in total. The number of aromatic nitrogens is 2. The molecule has 2 aromatic heterocycles. The zero-order valence-corrected chi connectivity index (χ0v) is 12.9. The van der Waals surface area contributed by atoms with Crippen molar-refractivity contribution in [3.63, 3.8) is 0 Å². The van der Waals surface area contributed by atoms with Gasteiger partial charge in [0.1, 0.15) is 9.90 Å². The van der Waals surface area contributed by atoms with Gasteiger partial charge in [-0.15, -0.1) is 11.3 Å². The summed E-state index contributed by atoms with van der Waals surface area (Å²) in [5.41, 5.74) is 0.472. The second-order valence-electron chi connectivity index (χ2n) is 4.05. The fourth-order valence-corrected chi connectivity index (χ4v) is 3.71. The lowest BCUT2D eigenvalue weighted by molar-refractivity contribution is 0.0946. The number of rotatable bonds is 5. The minimum atomic E-state index is -3.67. The molecular formula is C11H12ClN3O3S2. The quantitative estimate of drug-likeness (QED) is 0.838. The van der Waals surface area contributed by atoms with Crippen LogP contribution in [0.5, 0.6) is 0 Å². The van der Waals surface area contributed by atoms with E-state index in [9.17, 15) is 13.2 Å². The highest BCUT2D eigenvalue weighted by Crippen LogP contribution is 2.24. The van der Waals surface area contributed by atoms with Crippen LogP contribution >= 0.6 is 22.0 Å². The average Bonchev–Trinajstić information content (AvgIpc) is 2.97. The van der Waals surface area contributed by atoms with E-state index >= 15 is 0 Å². The summed E-state index contributed by atoms with van der Waals surface area (Å²) < 4.78 is 24.0. The van der Waals surface area contributed by atoms with Crippen molar-refractivity contribution in [3.05, 3.63) is 35.2 Å². The lowest BCUT2D eigenvalue weighted by atomic mass is 10.3. The zero-order valence-electron chi connectivity index (χ0n) is 10.5. The molecule has 0 aromatic carbocycles.